The molecule has 0 bridgehead atoms. The average Bonchev–Trinajstić information content (AvgIpc) is 3.35. The molecule has 0 aliphatic carbocycles. The van der Waals surface area contributed by atoms with Crippen LogP contribution in [0.25, 0.3) is 42.1 Å². The fourth-order valence-electron chi connectivity index (χ4n) is 5.21. The molecule has 7 aromatic rings. The van der Waals surface area contributed by atoms with E-state index in [1.54, 1.807) is 0 Å². The van der Waals surface area contributed by atoms with E-state index in [0.717, 1.165) is 15.8 Å². The molecule has 1 aromatic heterocycles. The highest BCUT2D eigenvalue weighted by Gasteiger charge is 2.20. The van der Waals surface area contributed by atoms with Crippen molar-refractivity contribution in [3.63, 3.8) is 0 Å². The number of hydrogen-bond donors (Lipinski definition) is 0. The molecular weight excluding hydrogens is 534 g/mol. The first-order valence-electron chi connectivity index (χ1n) is 12.3. The summed E-state index contributed by atoms with van der Waals surface area (Å²) < 4.78 is 3.72. The van der Waals surface area contributed by atoms with Crippen molar-refractivity contribution in [2.75, 3.05) is 4.90 Å². The molecule has 6 aromatic carbocycles. The van der Waals surface area contributed by atoms with Gasteiger partial charge in [-0.05, 0) is 64.4 Å². The zero-order chi connectivity index (χ0) is 24.8. The van der Waals surface area contributed by atoms with Crippen molar-refractivity contribution in [2.45, 2.75) is 0 Å². The quantitative estimate of drug-likeness (QED) is 0.208. The van der Waals surface area contributed by atoms with Crippen molar-refractivity contribution in [1.29, 1.82) is 0 Å². The smallest absolute Gasteiger partial charge is 0.0646 e. The van der Waals surface area contributed by atoms with E-state index in [1.807, 2.05) is 11.3 Å². The standard InChI is InChI=1S/C34H22BrNS/c35-30-16-8-6-13-27(30)23-18-20-26(21-19-23)36(25-11-2-1-3-12-25)31-22-24-10-4-5-14-28(24)33-29-15-7-9-17-32(29)37-34(31)33/h1-22H. The normalized spacial score (nSPS) is 11.4. The Hall–Kier alpha value is -3.92. The lowest BCUT2D eigenvalue weighted by Crippen LogP contribution is -2.10. The minimum Gasteiger partial charge on any atom is -0.309 e. The lowest BCUT2D eigenvalue weighted by molar-refractivity contribution is 1.30. The second-order valence-electron chi connectivity index (χ2n) is 9.12. The highest BCUT2D eigenvalue weighted by molar-refractivity contribution is 9.10. The maximum atomic E-state index is 3.71. The van der Waals surface area contributed by atoms with Crippen LogP contribution in [0.5, 0.6) is 0 Å². The minimum absolute atomic E-state index is 1.10. The third kappa shape index (κ3) is 3.83. The molecule has 0 fully saturated rings. The second-order valence-corrected chi connectivity index (χ2v) is 11.0. The van der Waals surface area contributed by atoms with Crippen LogP contribution in [-0.2, 0) is 0 Å². The Labute approximate surface area is 228 Å². The maximum Gasteiger partial charge on any atom is 0.0646 e. The van der Waals surface area contributed by atoms with E-state index in [-0.39, 0.29) is 0 Å². The first-order valence-corrected chi connectivity index (χ1v) is 13.9. The molecule has 0 unspecified atom stereocenters. The van der Waals surface area contributed by atoms with Gasteiger partial charge >= 0.3 is 0 Å². The van der Waals surface area contributed by atoms with Crippen molar-refractivity contribution < 1.29 is 0 Å². The molecule has 0 aliphatic heterocycles. The molecule has 0 amide bonds. The molecule has 176 valence electrons. The highest BCUT2D eigenvalue weighted by atomic mass is 79.9. The largest absolute Gasteiger partial charge is 0.309 e. The van der Waals surface area contributed by atoms with Gasteiger partial charge in [0, 0.05) is 31.3 Å². The van der Waals surface area contributed by atoms with Crippen LogP contribution in [0.4, 0.5) is 17.1 Å². The predicted molar refractivity (Wildman–Crippen MR) is 165 cm³/mol. The summed E-state index contributed by atoms with van der Waals surface area (Å²) in [6.07, 6.45) is 0. The number of rotatable bonds is 4. The van der Waals surface area contributed by atoms with Crippen LogP contribution in [0.2, 0.25) is 0 Å². The molecule has 7 rings (SSSR count). The van der Waals surface area contributed by atoms with Gasteiger partial charge < -0.3 is 4.90 Å². The first-order chi connectivity index (χ1) is 18.3. The summed E-state index contributed by atoms with van der Waals surface area (Å²) in [5.74, 6) is 0. The number of anilines is 3. The number of para-hydroxylation sites is 1. The topological polar surface area (TPSA) is 3.24 Å². The van der Waals surface area contributed by atoms with Gasteiger partial charge in [-0.3, -0.25) is 0 Å². The SMILES string of the molecule is Brc1ccccc1-c1ccc(N(c2ccccc2)c2cc3ccccc3c3c2sc2ccccc23)cc1. The molecule has 1 heterocycles. The number of nitrogens with zero attached hydrogens (tertiary/aromatic N) is 1. The zero-order valence-corrected chi connectivity index (χ0v) is 22.3. The molecule has 0 saturated heterocycles. The van der Waals surface area contributed by atoms with Gasteiger partial charge in [0.25, 0.3) is 0 Å². The van der Waals surface area contributed by atoms with Crippen LogP contribution >= 0.6 is 27.3 Å². The Balaban J connectivity index is 1.50. The Bertz CT molecular complexity index is 1890. The van der Waals surface area contributed by atoms with Gasteiger partial charge in [-0.2, -0.15) is 0 Å². The Morgan fingerprint density at radius 3 is 2.03 bits per heavy atom. The van der Waals surface area contributed by atoms with Gasteiger partial charge in [-0.15, -0.1) is 11.3 Å². The van der Waals surface area contributed by atoms with Crippen molar-refractivity contribution >= 4 is 75.3 Å². The van der Waals surface area contributed by atoms with Crippen LogP contribution < -0.4 is 4.90 Å². The maximum absolute atomic E-state index is 3.71. The van der Waals surface area contributed by atoms with Crippen molar-refractivity contribution in [1.82, 2.24) is 0 Å². The number of fused-ring (bicyclic) bond motifs is 5. The predicted octanol–water partition coefficient (Wildman–Crippen LogP) is 11.1. The molecule has 3 heteroatoms. The zero-order valence-electron chi connectivity index (χ0n) is 19.9. The molecule has 0 spiro atoms. The summed E-state index contributed by atoms with van der Waals surface area (Å²) in [5, 5.41) is 5.20. The summed E-state index contributed by atoms with van der Waals surface area (Å²) in [6.45, 7) is 0. The van der Waals surface area contributed by atoms with Crippen molar-refractivity contribution in [2.24, 2.45) is 0 Å². The number of benzene rings is 6. The lowest BCUT2D eigenvalue weighted by atomic mass is 10.0. The summed E-state index contributed by atoms with van der Waals surface area (Å²) in [6, 6.07) is 47.8. The van der Waals surface area contributed by atoms with Gasteiger partial charge in [0.05, 0.1) is 10.4 Å². The van der Waals surface area contributed by atoms with Crippen LogP contribution in [0.1, 0.15) is 0 Å². The molecular formula is C34H22BrNS. The summed E-state index contributed by atoms with van der Waals surface area (Å²) in [7, 11) is 0. The van der Waals surface area contributed by atoms with Crippen molar-refractivity contribution in [3.8, 4) is 11.1 Å². The van der Waals surface area contributed by atoms with Gasteiger partial charge in [0.2, 0.25) is 0 Å². The van der Waals surface area contributed by atoms with E-state index in [4.69, 9.17) is 0 Å². The van der Waals surface area contributed by atoms with Crippen molar-refractivity contribution in [3.05, 3.63) is 138 Å². The second kappa shape index (κ2) is 9.19. The minimum atomic E-state index is 1.10. The third-order valence-corrected chi connectivity index (χ3v) is 8.80. The van der Waals surface area contributed by atoms with E-state index in [2.05, 4.69) is 154 Å². The van der Waals surface area contributed by atoms with E-state index < -0.39 is 0 Å². The van der Waals surface area contributed by atoms with E-state index in [1.165, 1.54) is 47.8 Å². The fraction of sp³-hybridized carbons (Fsp3) is 0. The summed E-state index contributed by atoms with van der Waals surface area (Å²) >= 11 is 5.59. The molecule has 0 atom stereocenters. The molecule has 0 radical (unpaired) electrons. The number of halogens is 1. The number of hydrogen-bond acceptors (Lipinski definition) is 2. The highest BCUT2D eigenvalue weighted by Crippen LogP contribution is 2.48. The Morgan fingerprint density at radius 1 is 0.568 bits per heavy atom. The van der Waals surface area contributed by atoms with E-state index >= 15 is 0 Å². The third-order valence-electron chi connectivity index (χ3n) is 6.92. The molecule has 37 heavy (non-hydrogen) atoms. The Kier molecular flexibility index (Phi) is 5.53. The van der Waals surface area contributed by atoms with Gasteiger partial charge in [0.15, 0.2) is 0 Å². The van der Waals surface area contributed by atoms with Crippen LogP contribution in [0, 0.1) is 0 Å². The van der Waals surface area contributed by atoms with Gasteiger partial charge in [-0.25, -0.2) is 0 Å². The monoisotopic (exact) mass is 555 g/mol. The van der Waals surface area contributed by atoms with E-state index in [0.29, 0.717) is 0 Å². The first kappa shape index (κ1) is 22.3. The molecule has 0 saturated carbocycles. The molecule has 0 N–H and O–H groups in total. The van der Waals surface area contributed by atoms with E-state index in [9.17, 15) is 0 Å². The summed E-state index contributed by atoms with van der Waals surface area (Å²) in [5.41, 5.74) is 5.86. The van der Waals surface area contributed by atoms with Gasteiger partial charge in [-0.1, -0.05) is 107 Å². The van der Waals surface area contributed by atoms with Gasteiger partial charge in [0.1, 0.15) is 0 Å². The summed E-state index contributed by atoms with van der Waals surface area (Å²) in [4.78, 5) is 2.40. The molecule has 1 nitrogen and oxygen atoms in total. The average molecular weight is 557 g/mol. The lowest BCUT2D eigenvalue weighted by Gasteiger charge is -2.27. The van der Waals surface area contributed by atoms with Crippen LogP contribution in [-0.4, -0.2) is 0 Å². The van der Waals surface area contributed by atoms with Crippen LogP contribution in [0.15, 0.2) is 138 Å². The fourth-order valence-corrected chi connectivity index (χ4v) is 6.95. The van der Waals surface area contributed by atoms with Crippen LogP contribution in [0.3, 0.4) is 0 Å². The number of thiophene rings is 1. The Morgan fingerprint density at radius 2 is 1.22 bits per heavy atom. The molecule has 0 aliphatic rings.